The molecule has 142 valence electrons. The fourth-order valence-corrected chi connectivity index (χ4v) is 3.98. The lowest BCUT2D eigenvalue weighted by atomic mass is 10.1. The zero-order valence-electron chi connectivity index (χ0n) is 15.4. The molecule has 5 nitrogen and oxygen atoms in total. The van der Waals surface area contributed by atoms with Crippen LogP contribution in [-0.2, 0) is 4.79 Å². The zero-order chi connectivity index (χ0) is 19.6. The molecule has 0 aliphatic heterocycles. The minimum Gasteiger partial charge on any atom is -0.483 e. The first-order valence-electron chi connectivity index (χ1n) is 9.19. The third kappa shape index (κ3) is 3.58. The predicted octanol–water partition coefficient (Wildman–Crippen LogP) is 5.23. The van der Waals surface area contributed by atoms with Crippen LogP contribution in [0.5, 0.6) is 5.75 Å². The van der Waals surface area contributed by atoms with Gasteiger partial charge in [0.1, 0.15) is 5.75 Å². The van der Waals surface area contributed by atoms with E-state index in [0.29, 0.717) is 11.4 Å². The van der Waals surface area contributed by atoms with Gasteiger partial charge in [0.25, 0.3) is 5.91 Å². The van der Waals surface area contributed by atoms with Crippen molar-refractivity contribution in [1.29, 1.82) is 0 Å². The standard InChI is InChI=1S/C23H17N3O2S/c27-22(15-28-21-10-4-6-16-5-1-2-9-19(16)21)24-18-8-3-7-17(13-18)20-14-26-11-12-29-23(26)25-20/h1-14H,15H2,(H,24,27). The van der Waals surface area contributed by atoms with E-state index in [1.54, 1.807) is 11.3 Å². The molecule has 0 radical (unpaired) electrons. The molecule has 0 bridgehead atoms. The molecule has 0 saturated heterocycles. The molecule has 0 aliphatic rings. The molecule has 0 saturated carbocycles. The van der Waals surface area contributed by atoms with Gasteiger partial charge in [-0.25, -0.2) is 4.98 Å². The minimum atomic E-state index is -0.207. The smallest absolute Gasteiger partial charge is 0.262 e. The molecular formula is C23H17N3O2S. The number of nitrogens with one attached hydrogen (secondary N) is 1. The third-order valence-electron chi connectivity index (χ3n) is 4.64. The number of carbonyl (C=O) groups is 1. The lowest BCUT2D eigenvalue weighted by Crippen LogP contribution is -2.20. The SMILES string of the molecule is O=C(COc1cccc2ccccc12)Nc1cccc(-c2cn3ccsc3n2)c1. The lowest BCUT2D eigenvalue weighted by molar-refractivity contribution is -0.118. The molecule has 1 N–H and O–H groups in total. The monoisotopic (exact) mass is 399 g/mol. The van der Waals surface area contributed by atoms with E-state index in [4.69, 9.17) is 4.74 Å². The first-order chi connectivity index (χ1) is 14.3. The molecule has 0 atom stereocenters. The molecule has 1 amide bonds. The average Bonchev–Trinajstić information content (AvgIpc) is 3.35. The van der Waals surface area contributed by atoms with Gasteiger partial charge in [-0.2, -0.15) is 0 Å². The normalized spacial score (nSPS) is 11.0. The molecule has 3 aromatic carbocycles. The van der Waals surface area contributed by atoms with Crippen molar-refractivity contribution in [3.63, 3.8) is 0 Å². The Balaban J connectivity index is 1.29. The third-order valence-corrected chi connectivity index (χ3v) is 5.41. The molecule has 6 heteroatoms. The largest absolute Gasteiger partial charge is 0.483 e. The van der Waals surface area contributed by atoms with Crippen molar-refractivity contribution in [2.75, 3.05) is 11.9 Å². The Kier molecular flexibility index (Phi) is 4.46. The number of rotatable bonds is 5. The second-order valence-corrected chi connectivity index (χ2v) is 7.49. The number of carbonyl (C=O) groups excluding carboxylic acids is 1. The van der Waals surface area contributed by atoms with Crippen molar-refractivity contribution in [1.82, 2.24) is 9.38 Å². The Morgan fingerprint density at radius 1 is 1.07 bits per heavy atom. The topological polar surface area (TPSA) is 55.6 Å². The molecule has 5 aromatic rings. The van der Waals surface area contributed by atoms with E-state index < -0.39 is 0 Å². The number of anilines is 1. The van der Waals surface area contributed by atoms with Gasteiger partial charge in [0.15, 0.2) is 11.6 Å². The second kappa shape index (κ2) is 7.41. The summed E-state index contributed by atoms with van der Waals surface area (Å²) in [5, 5.41) is 6.97. The van der Waals surface area contributed by atoms with E-state index in [2.05, 4.69) is 10.3 Å². The Morgan fingerprint density at radius 3 is 2.86 bits per heavy atom. The number of nitrogens with zero attached hydrogens (tertiary/aromatic N) is 2. The zero-order valence-corrected chi connectivity index (χ0v) is 16.2. The van der Waals surface area contributed by atoms with Crippen LogP contribution in [0.1, 0.15) is 0 Å². The molecule has 5 rings (SSSR count). The maximum Gasteiger partial charge on any atom is 0.262 e. The van der Waals surface area contributed by atoms with Gasteiger partial charge in [0.05, 0.1) is 5.69 Å². The summed E-state index contributed by atoms with van der Waals surface area (Å²) in [6.45, 7) is -0.0571. The van der Waals surface area contributed by atoms with Crippen molar-refractivity contribution in [2.45, 2.75) is 0 Å². The van der Waals surface area contributed by atoms with Gasteiger partial charge in [-0.05, 0) is 23.6 Å². The predicted molar refractivity (Wildman–Crippen MR) is 117 cm³/mol. The molecule has 2 heterocycles. The first kappa shape index (κ1) is 17.5. The van der Waals surface area contributed by atoms with Gasteiger partial charge in [0.2, 0.25) is 0 Å². The van der Waals surface area contributed by atoms with Crippen LogP contribution in [0.3, 0.4) is 0 Å². The van der Waals surface area contributed by atoms with Crippen LogP contribution >= 0.6 is 11.3 Å². The fraction of sp³-hybridized carbons (Fsp3) is 0.0435. The quantitative estimate of drug-likeness (QED) is 0.440. The van der Waals surface area contributed by atoms with Crippen LogP contribution in [0.15, 0.2) is 84.5 Å². The molecule has 0 unspecified atom stereocenters. The highest BCUT2D eigenvalue weighted by Crippen LogP contribution is 2.26. The van der Waals surface area contributed by atoms with Gasteiger partial charge in [-0.1, -0.05) is 48.5 Å². The highest BCUT2D eigenvalue weighted by molar-refractivity contribution is 7.15. The van der Waals surface area contributed by atoms with E-state index in [1.807, 2.05) is 88.9 Å². The van der Waals surface area contributed by atoms with E-state index in [1.165, 1.54) is 0 Å². The number of amides is 1. The highest BCUT2D eigenvalue weighted by atomic mass is 32.1. The second-order valence-electron chi connectivity index (χ2n) is 6.61. The Bertz CT molecular complexity index is 1290. The van der Waals surface area contributed by atoms with E-state index in [9.17, 15) is 4.79 Å². The molecular weight excluding hydrogens is 382 g/mol. The molecule has 0 spiro atoms. The summed E-state index contributed by atoms with van der Waals surface area (Å²) >= 11 is 1.59. The fourth-order valence-electron chi connectivity index (χ4n) is 3.28. The van der Waals surface area contributed by atoms with Crippen LogP contribution < -0.4 is 10.1 Å². The van der Waals surface area contributed by atoms with Gasteiger partial charge in [0, 0.05) is 34.4 Å². The molecule has 0 aliphatic carbocycles. The van der Waals surface area contributed by atoms with Crippen LogP contribution in [0, 0.1) is 0 Å². The maximum absolute atomic E-state index is 12.4. The number of hydrogen-bond acceptors (Lipinski definition) is 4. The van der Waals surface area contributed by atoms with Gasteiger partial charge >= 0.3 is 0 Å². The van der Waals surface area contributed by atoms with Crippen LogP contribution in [0.4, 0.5) is 5.69 Å². The molecule has 2 aromatic heterocycles. The van der Waals surface area contributed by atoms with Crippen molar-refractivity contribution < 1.29 is 9.53 Å². The highest BCUT2D eigenvalue weighted by Gasteiger charge is 2.09. The number of fused-ring (bicyclic) bond motifs is 2. The van der Waals surface area contributed by atoms with Crippen LogP contribution in [-0.4, -0.2) is 21.9 Å². The lowest BCUT2D eigenvalue weighted by Gasteiger charge is -2.10. The van der Waals surface area contributed by atoms with E-state index in [-0.39, 0.29) is 12.5 Å². The van der Waals surface area contributed by atoms with Crippen molar-refractivity contribution in [2.24, 2.45) is 0 Å². The number of imidazole rings is 1. The van der Waals surface area contributed by atoms with Crippen LogP contribution in [0.25, 0.3) is 27.0 Å². The summed E-state index contributed by atoms with van der Waals surface area (Å²) in [5.41, 5.74) is 2.54. The number of hydrogen-bond donors (Lipinski definition) is 1. The van der Waals surface area contributed by atoms with Gasteiger partial charge in [-0.3, -0.25) is 9.20 Å². The summed E-state index contributed by atoms with van der Waals surface area (Å²) in [6, 6.07) is 21.4. The molecule has 0 fully saturated rings. The maximum atomic E-state index is 12.4. The Hall–Kier alpha value is -3.64. The Labute approximate surface area is 171 Å². The summed E-state index contributed by atoms with van der Waals surface area (Å²) in [6.07, 6.45) is 3.96. The number of thiazole rings is 1. The van der Waals surface area contributed by atoms with Gasteiger partial charge < -0.3 is 10.1 Å². The number of ether oxygens (including phenoxy) is 1. The van der Waals surface area contributed by atoms with Crippen LogP contribution in [0.2, 0.25) is 0 Å². The Morgan fingerprint density at radius 2 is 1.93 bits per heavy atom. The summed E-state index contributed by atoms with van der Waals surface area (Å²) in [7, 11) is 0. The number of benzene rings is 3. The summed E-state index contributed by atoms with van der Waals surface area (Å²) in [5.74, 6) is 0.492. The van der Waals surface area contributed by atoms with Crippen molar-refractivity contribution >= 4 is 38.7 Å². The number of aromatic nitrogens is 2. The first-order valence-corrected chi connectivity index (χ1v) is 10.1. The van der Waals surface area contributed by atoms with Crippen molar-refractivity contribution in [3.8, 4) is 17.0 Å². The summed E-state index contributed by atoms with van der Waals surface area (Å²) in [4.78, 5) is 18.0. The molecule has 29 heavy (non-hydrogen) atoms. The average molecular weight is 399 g/mol. The van der Waals surface area contributed by atoms with E-state index in [0.717, 1.165) is 27.0 Å². The van der Waals surface area contributed by atoms with Crippen molar-refractivity contribution in [3.05, 3.63) is 84.5 Å². The minimum absolute atomic E-state index is 0.0571. The summed E-state index contributed by atoms with van der Waals surface area (Å²) < 4.78 is 7.76. The van der Waals surface area contributed by atoms with Gasteiger partial charge in [-0.15, -0.1) is 11.3 Å². The van der Waals surface area contributed by atoms with E-state index >= 15 is 0 Å².